The third-order valence-electron chi connectivity index (χ3n) is 7.63. The number of rotatable bonds is 8. The molecule has 5 rings (SSSR count). The van der Waals surface area contributed by atoms with Crippen LogP contribution < -0.4 is 10.6 Å². The van der Waals surface area contributed by atoms with Crippen molar-refractivity contribution in [1.82, 2.24) is 20.6 Å². The highest BCUT2D eigenvalue weighted by molar-refractivity contribution is 6.30. The van der Waals surface area contributed by atoms with Crippen molar-refractivity contribution in [3.8, 4) is 0 Å². The van der Waals surface area contributed by atoms with Crippen LogP contribution in [0.3, 0.4) is 0 Å². The predicted molar refractivity (Wildman–Crippen MR) is 151 cm³/mol. The summed E-state index contributed by atoms with van der Waals surface area (Å²) in [5, 5.41) is 7.96. The fourth-order valence-electron chi connectivity index (χ4n) is 5.53. The van der Waals surface area contributed by atoms with Crippen LogP contribution in [0.15, 0.2) is 79.1 Å². The number of H-pyrrole nitrogens is 1. The van der Waals surface area contributed by atoms with Crippen molar-refractivity contribution in [3.05, 3.63) is 101 Å². The van der Waals surface area contributed by atoms with Crippen molar-refractivity contribution < 1.29 is 9.59 Å². The molecule has 2 amide bonds. The number of aromatic amines is 1. The summed E-state index contributed by atoms with van der Waals surface area (Å²) in [6.07, 6.45) is 9.59. The fourth-order valence-corrected chi connectivity index (χ4v) is 5.65. The van der Waals surface area contributed by atoms with E-state index >= 15 is 0 Å². The quantitative estimate of drug-likeness (QED) is 0.248. The molecule has 0 saturated heterocycles. The Morgan fingerprint density at radius 2 is 1.76 bits per heavy atom. The van der Waals surface area contributed by atoms with Crippen LogP contribution in [0.5, 0.6) is 0 Å². The Morgan fingerprint density at radius 1 is 1.03 bits per heavy atom. The Balaban J connectivity index is 1.47. The second-order valence-electron chi connectivity index (χ2n) is 10.4. The highest BCUT2D eigenvalue weighted by Gasteiger charge is 2.39. The van der Waals surface area contributed by atoms with Gasteiger partial charge in [-0.1, -0.05) is 55.1 Å². The molecule has 0 spiro atoms. The van der Waals surface area contributed by atoms with E-state index in [2.05, 4.69) is 20.6 Å². The minimum absolute atomic E-state index is 0.223. The van der Waals surface area contributed by atoms with Crippen LogP contribution in [0.25, 0.3) is 10.9 Å². The summed E-state index contributed by atoms with van der Waals surface area (Å²) in [6.45, 7) is 1.80. The van der Waals surface area contributed by atoms with Gasteiger partial charge in [0.05, 0.1) is 11.7 Å². The van der Waals surface area contributed by atoms with Crippen LogP contribution >= 0.6 is 11.6 Å². The zero-order valence-electron chi connectivity index (χ0n) is 21.5. The van der Waals surface area contributed by atoms with Gasteiger partial charge in [-0.2, -0.15) is 0 Å². The first-order chi connectivity index (χ1) is 18.4. The zero-order valence-corrected chi connectivity index (χ0v) is 22.3. The number of hydrogen-bond donors (Lipinski definition) is 3. The maximum absolute atomic E-state index is 14.2. The number of pyridine rings is 1. The molecule has 1 aliphatic rings. The molecule has 2 heterocycles. The lowest BCUT2D eigenvalue weighted by atomic mass is 9.81. The van der Waals surface area contributed by atoms with Crippen LogP contribution in [-0.4, -0.2) is 27.3 Å². The van der Waals surface area contributed by atoms with Crippen LogP contribution in [0.2, 0.25) is 5.02 Å². The Kier molecular flexibility index (Phi) is 7.79. The largest absolute Gasteiger partial charge is 0.361 e. The summed E-state index contributed by atoms with van der Waals surface area (Å²) in [5.41, 5.74) is 2.03. The van der Waals surface area contributed by atoms with Gasteiger partial charge in [0.15, 0.2) is 0 Å². The lowest BCUT2D eigenvalue weighted by molar-refractivity contribution is -0.128. The van der Waals surface area contributed by atoms with E-state index in [0.29, 0.717) is 22.9 Å². The summed E-state index contributed by atoms with van der Waals surface area (Å²) < 4.78 is 0. The van der Waals surface area contributed by atoms with Gasteiger partial charge >= 0.3 is 0 Å². The number of hydrogen-bond acceptors (Lipinski definition) is 3. The van der Waals surface area contributed by atoms with Gasteiger partial charge in [-0.15, -0.1) is 0 Å². The van der Waals surface area contributed by atoms with Crippen molar-refractivity contribution in [2.45, 2.75) is 57.0 Å². The smallest absolute Gasteiger partial charge is 0.252 e. The molecule has 0 aliphatic heterocycles. The van der Waals surface area contributed by atoms with E-state index in [1.807, 2.05) is 48.7 Å². The Labute approximate surface area is 228 Å². The summed E-state index contributed by atoms with van der Waals surface area (Å²) in [4.78, 5) is 35.5. The molecule has 1 fully saturated rings. The molecule has 2 aromatic carbocycles. The first-order valence-corrected chi connectivity index (χ1v) is 13.7. The van der Waals surface area contributed by atoms with Crippen LogP contribution in [0, 0.1) is 5.92 Å². The van der Waals surface area contributed by atoms with Crippen LogP contribution in [0.1, 0.15) is 66.7 Å². The molecule has 3 N–H and O–H groups in total. The normalized spacial score (nSPS) is 16.5. The van der Waals surface area contributed by atoms with E-state index in [9.17, 15) is 9.59 Å². The van der Waals surface area contributed by atoms with Gasteiger partial charge in [0, 0.05) is 40.3 Å². The molecule has 2 aromatic heterocycles. The summed E-state index contributed by atoms with van der Waals surface area (Å²) in [7, 11) is 0. The van der Waals surface area contributed by atoms with Crippen molar-refractivity contribution in [3.63, 3.8) is 0 Å². The number of amides is 2. The van der Waals surface area contributed by atoms with E-state index in [1.165, 1.54) is 6.42 Å². The van der Waals surface area contributed by atoms with E-state index in [4.69, 9.17) is 11.6 Å². The first-order valence-electron chi connectivity index (χ1n) is 13.3. The molecule has 0 bridgehead atoms. The highest BCUT2D eigenvalue weighted by Crippen LogP contribution is 2.34. The number of nitrogens with one attached hydrogen (secondary N) is 3. The molecule has 2 atom stereocenters. The Bertz CT molecular complexity index is 1400. The topological polar surface area (TPSA) is 86.9 Å². The van der Waals surface area contributed by atoms with Gasteiger partial charge in [-0.05, 0) is 73.7 Å². The lowest BCUT2D eigenvalue weighted by Gasteiger charge is -2.35. The average molecular weight is 529 g/mol. The van der Waals surface area contributed by atoms with Gasteiger partial charge < -0.3 is 15.6 Å². The van der Waals surface area contributed by atoms with E-state index < -0.39 is 5.54 Å². The molecule has 1 saturated carbocycles. The van der Waals surface area contributed by atoms with Gasteiger partial charge in [-0.3, -0.25) is 14.6 Å². The molecule has 1 unspecified atom stereocenters. The summed E-state index contributed by atoms with van der Waals surface area (Å²) in [5.74, 6) is -0.260. The maximum atomic E-state index is 14.2. The molecule has 1 aliphatic carbocycles. The fraction of sp³-hybridized carbons (Fsp3) is 0.323. The number of fused-ring (bicyclic) bond motifs is 1. The second-order valence-corrected chi connectivity index (χ2v) is 10.9. The number of halogens is 1. The van der Waals surface area contributed by atoms with Gasteiger partial charge in [0.25, 0.3) is 5.91 Å². The molecule has 7 heteroatoms. The third kappa shape index (κ3) is 5.76. The van der Waals surface area contributed by atoms with E-state index in [-0.39, 0.29) is 17.9 Å². The third-order valence-corrected chi connectivity index (χ3v) is 7.88. The number of aromatic nitrogens is 2. The predicted octanol–water partition coefficient (Wildman–Crippen LogP) is 6.39. The van der Waals surface area contributed by atoms with Crippen LogP contribution in [-0.2, 0) is 11.2 Å². The lowest BCUT2D eigenvalue weighted by Crippen LogP contribution is -2.59. The van der Waals surface area contributed by atoms with Crippen molar-refractivity contribution in [2.75, 3.05) is 0 Å². The molecule has 4 aromatic rings. The monoisotopic (exact) mass is 528 g/mol. The van der Waals surface area contributed by atoms with E-state index in [1.54, 1.807) is 37.4 Å². The Morgan fingerprint density at radius 3 is 2.50 bits per heavy atom. The number of carbonyl (C=O) groups excluding carboxylic acids is 2. The standard InChI is InChI=1S/C31H33ClN4O2/c1-31(36-29(37)22-14-16-24(32)17-15-22,19-23-20-34-26-12-6-5-11-25(23)26)30(38)35-28(21-9-3-2-4-10-21)27-13-7-8-18-33-27/h5-8,11-18,20-21,28,34H,2-4,9-10,19H2,1H3,(H,35,38)(H,36,37)/t28?,31-/m0/s1. The highest BCUT2D eigenvalue weighted by atomic mass is 35.5. The molecule has 0 radical (unpaired) electrons. The van der Waals surface area contributed by atoms with Crippen molar-refractivity contribution in [1.29, 1.82) is 0 Å². The number of benzene rings is 2. The molecule has 38 heavy (non-hydrogen) atoms. The van der Waals surface area contributed by atoms with Crippen molar-refractivity contribution >= 4 is 34.3 Å². The second kappa shape index (κ2) is 11.4. The average Bonchev–Trinajstić information content (AvgIpc) is 3.35. The maximum Gasteiger partial charge on any atom is 0.252 e. The minimum atomic E-state index is -1.22. The molecular weight excluding hydrogens is 496 g/mol. The van der Waals surface area contributed by atoms with Gasteiger partial charge in [0.2, 0.25) is 5.91 Å². The van der Waals surface area contributed by atoms with E-state index in [0.717, 1.165) is 47.8 Å². The van der Waals surface area contributed by atoms with Gasteiger partial charge in [0.1, 0.15) is 5.54 Å². The summed E-state index contributed by atoms with van der Waals surface area (Å²) in [6, 6.07) is 20.3. The van der Waals surface area contributed by atoms with Gasteiger partial charge in [-0.25, -0.2) is 0 Å². The van der Waals surface area contributed by atoms with Crippen LogP contribution in [0.4, 0.5) is 0 Å². The number of para-hydroxylation sites is 1. The first kappa shape index (κ1) is 26.0. The molecule has 196 valence electrons. The SMILES string of the molecule is C[C@@](Cc1c[nH]c2ccccc12)(NC(=O)c1ccc(Cl)cc1)C(=O)NC(c1ccccn1)C1CCCCC1. The zero-order chi connectivity index (χ0) is 26.5. The molecular formula is C31H33ClN4O2. The number of nitrogens with zero attached hydrogens (tertiary/aromatic N) is 1. The van der Waals surface area contributed by atoms with Crippen molar-refractivity contribution in [2.24, 2.45) is 5.92 Å². The molecule has 6 nitrogen and oxygen atoms in total. The minimum Gasteiger partial charge on any atom is -0.361 e. The summed E-state index contributed by atoms with van der Waals surface area (Å²) >= 11 is 6.03. The number of carbonyl (C=O) groups is 2. The Hall–Kier alpha value is -3.64.